The summed E-state index contributed by atoms with van der Waals surface area (Å²) in [4.78, 5) is 11.7. The smallest absolute Gasteiger partial charge is 0.322 e. The second kappa shape index (κ2) is 7.88. The molecule has 0 spiro atoms. The highest BCUT2D eigenvalue weighted by Crippen LogP contribution is 2.30. The first-order chi connectivity index (χ1) is 12.2. The molecule has 0 radical (unpaired) electrons. The first kappa shape index (κ1) is 19.9. The Morgan fingerprint density at radius 2 is 1.77 bits per heavy atom. The van der Waals surface area contributed by atoms with Gasteiger partial charge in [-0.3, -0.25) is 4.79 Å². The van der Waals surface area contributed by atoms with Crippen LogP contribution >= 0.6 is 0 Å². The molecular weight excluding hydrogens is 354 g/mol. The second-order valence-electron chi connectivity index (χ2n) is 6.18. The van der Waals surface area contributed by atoms with Crippen LogP contribution in [0.25, 0.3) is 0 Å². The Morgan fingerprint density at radius 3 is 2.31 bits per heavy atom. The lowest BCUT2D eigenvalue weighted by molar-refractivity contribution is -0.138. The molecule has 0 fully saturated rings. The number of methoxy groups -OCH3 is 1. The molecule has 140 valence electrons. The van der Waals surface area contributed by atoms with Crippen LogP contribution in [0.4, 0.5) is 0 Å². The van der Waals surface area contributed by atoms with Crippen LogP contribution in [-0.4, -0.2) is 32.6 Å². The Bertz CT molecular complexity index is 907. The quantitative estimate of drug-likeness (QED) is 0.774. The zero-order valence-corrected chi connectivity index (χ0v) is 16.1. The third-order valence-electron chi connectivity index (χ3n) is 4.35. The lowest BCUT2D eigenvalue weighted by Crippen LogP contribution is -2.42. The molecule has 26 heavy (non-hydrogen) atoms. The standard InChI is InChI=1S/C19H23NO5S/c1-12-10-17(25-4)13(2)14(3)18(12)26(23,24)20-16(19(21)22)11-15-8-6-5-7-9-15/h5-10,16,20H,11H2,1-4H3,(H,21,22)/t16-/m0/s1. The van der Waals surface area contributed by atoms with E-state index in [1.807, 2.05) is 6.07 Å². The molecule has 2 N–H and O–H groups in total. The topological polar surface area (TPSA) is 92.7 Å². The van der Waals surface area contributed by atoms with Crippen molar-refractivity contribution in [3.8, 4) is 5.75 Å². The number of hydrogen-bond acceptors (Lipinski definition) is 4. The summed E-state index contributed by atoms with van der Waals surface area (Å²) >= 11 is 0. The SMILES string of the molecule is COc1cc(C)c(S(=O)(=O)N[C@@H](Cc2ccccc2)C(=O)O)c(C)c1C. The van der Waals surface area contributed by atoms with Crippen molar-refractivity contribution in [1.82, 2.24) is 4.72 Å². The van der Waals surface area contributed by atoms with E-state index in [0.717, 1.165) is 5.56 Å². The van der Waals surface area contributed by atoms with E-state index < -0.39 is 22.0 Å². The summed E-state index contributed by atoms with van der Waals surface area (Å²) in [5.41, 5.74) is 2.48. The fourth-order valence-corrected chi connectivity index (χ4v) is 4.64. The van der Waals surface area contributed by atoms with Gasteiger partial charge < -0.3 is 9.84 Å². The fraction of sp³-hybridized carbons (Fsp3) is 0.316. The summed E-state index contributed by atoms with van der Waals surface area (Å²) in [5, 5.41) is 9.47. The fourth-order valence-electron chi connectivity index (χ4n) is 2.92. The van der Waals surface area contributed by atoms with Gasteiger partial charge in [0.15, 0.2) is 0 Å². The van der Waals surface area contributed by atoms with Gasteiger partial charge in [0.1, 0.15) is 11.8 Å². The molecule has 0 amide bonds. The maximum atomic E-state index is 12.9. The number of carboxylic acids is 1. The van der Waals surface area contributed by atoms with E-state index in [2.05, 4.69) is 4.72 Å². The molecule has 0 aromatic heterocycles. The van der Waals surface area contributed by atoms with Crippen molar-refractivity contribution < 1.29 is 23.1 Å². The van der Waals surface area contributed by atoms with Crippen LogP contribution in [0.1, 0.15) is 22.3 Å². The van der Waals surface area contributed by atoms with Crippen molar-refractivity contribution in [2.75, 3.05) is 7.11 Å². The Labute approximate surface area is 153 Å². The molecule has 0 aliphatic heterocycles. The van der Waals surface area contributed by atoms with E-state index in [1.165, 1.54) is 7.11 Å². The van der Waals surface area contributed by atoms with Gasteiger partial charge in [0.2, 0.25) is 10.0 Å². The molecule has 1 atom stereocenters. The Balaban J connectivity index is 2.40. The number of aliphatic carboxylic acids is 1. The van der Waals surface area contributed by atoms with Crippen molar-refractivity contribution in [2.45, 2.75) is 38.1 Å². The van der Waals surface area contributed by atoms with Crippen LogP contribution in [0.5, 0.6) is 5.75 Å². The molecule has 0 aliphatic rings. The minimum absolute atomic E-state index is 0.0582. The minimum atomic E-state index is -4.02. The Kier molecular flexibility index (Phi) is 6.05. The molecule has 0 heterocycles. The maximum absolute atomic E-state index is 12.9. The van der Waals surface area contributed by atoms with Gasteiger partial charge in [0.05, 0.1) is 12.0 Å². The highest BCUT2D eigenvalue weighted by atomic mass is 32.2. The van der Waals surface area contributed by atoms with Crippen LogP contribution in [0, 0.1) is 20.8 Å². The summed E-state index contributed by atoms with van der Waals surface area (Å²) in [6, 6.07) is 9.29. The first-order valence-corrected chi connectivity index (χ1v) is 9.59. The molecular formula is C19H23NO5S. The molecule has 2 rings (SSSR count). The van der Waals surface area contributed by atoms with E-state index in [1.54, 1.807) is 51.1 Å². The molecule has 6 nitrogen and oxygen atoms in total. The monoisotopic (exact) mass is 377 g/mol. The van der Waals surface area contributed by atoms with Gasteiger partial charge in [-0.25, -0.2) is 8.42 Å². The number of sulfonamides is 1. The van der Waals surface area contributed by atoms with Gasteiger partial charge in [0, 0.05) is 0 Å². The Morgan fingerprint density at radius 1 is 1.15 bits per heavy atom. The minimum Gasteiger partial charge on any atom is -0.496 e. The van der Waals surface area contributed by atoms with Crippen molar-refractivity contribution >= 4 is 16.0 Å². The van der Waals surface area contributed by atoms with E-state index in [4.69, 9.17) is 4.74 Å². The lowest BCUT2D eigenvalue weighted by Gasteiger charge is -2.19. The van der Waals surface area contributed by atoms with Gasteiger partial charge in [-0.2, -0.15) is 4.72 Å². The summed E-state index contributed by atoms with van der Waals surface area (Å²) in [7, 11) is -2.50. The van der Waals surface area contributed by atoms with Gasteiger partial charge >= 0.3 is 5.97 Å². The van der Waals surface area contributed by atoms with Crippen LogP contribution in [0.2, 0.25) is 0 Å². The highest BCUT2D eigenvalue weighted by molar-refractivity contribution is 7.89. The average molecular weight is 377 g/mol. The normalized spacial score (nSPS) is 12.6. The van der Waals surface area contributed by atoms with E-state index >= 15 is 0 Å². The van der Waals surface area contributed by atoms with Gasteiger partial charge in [-0.1, -0.05) is 30.3 Å². The molecule has 0 aliphatic carbocycles. The molecule has 0 saturated heterocycles. The lowest BCUT2D eigenvalue weighted by atomic mass is 10.1. The average Bonchev–Trinajstić information content (AvgIpc) is 2.58. The van der Waals surface area contributed by atoms with Crippen LogP contribution < -0.4 is 9.46 Å². The number of benzene rings is 2. The zero-order chi connectivity index (χ0) is 19.5. The van der Waals surface area contributed by atoms with Crippen LogP contribution in [0.15, 0.2) is 41.3 Å². The van der Waals surface area contributed by atoms with Crippen molar-refractivity contribution in [3.63, 3.8) is 0 Å². The summed E-state index contributed by atoms with van der Waals surface area (Å²) in [6.45, 7) is 5.12. The van der Waals surface area contributed by atoms with Crippen LogP contribution in [-0.2, 0) is 21.2 Å². The van der Waals surface area contributed by atoms with Gasteiger partial charge in [-0.15, -0.1) is 0 Å². The van der Waals surface area contributed by atoms with Crippen molar-refractivity contribution in [1.29, 1.82) is 0 Å². The maximum Gasteiger partial charge on any atom is 0.322 e. The highest BCUT2D eigenvalue weighted by Gasteiger charge is 2.29. The molecule has 0 unspecified atom stereocenters. The summed E-state index contributed by atoms with van der Waals surface area (Å²) < 4.78 is 33.4. The van der Waals surface area contributed by atoms with E-state index in [0.29, 0.717) is 22.4 Å². The number of rotatable bonds is 7. The second-order valence-corrected chi connectivity index (χ2v) is 7.83. The zero-order valence-electron chi connectivity index (χ0n) is 15.2. The third kappa shape index (κ3) is 4.23. The largest absolute Gasteiger partial charge is 0.496 e. The van der Waals surface area contributed by atoms with Crippen molar-refractivity contribution in [3.05, 3.63) is 58.7 Å². The molecule has 0 bridgehead atoms. The number of aryl methyl sites for hydroxylation is 1. The van der Waals surface area contributed by atoms with E-state index in [-0.39, 0.29) is 11.3 Å². The predicted molar refractivity (Wildman–Crippen MR) is 99.1 cm³/mol. The summed E-state index contributed by atoms with van der Waals surface area (Å²) in [6.07, 6.45) is 0.0582. The number of carboxylic acid groups (broad SMARTS) is 1. The summed E-state index contributed by atoms with van der Waals surface area (Å²) in [5.74, 6) is -0.629. The molecule has 7 heteroatoms. The van der Waals surface area contributed by atoms with Crippen LogP contribution in [0.3, 0.4) is 0 Å². The van der Waals surface area contributed by atoms with Gasteiger partial charge in [-0.05, 0) is 55.5 Å². The number of carbonyl (C=O) groups is 1. The van der Waals surface area contributed by atoms with Crippen molar-refractivity contribution in [2.24, 2.45) is 0 Å². The Hall–Kier alpha value is -2.38. The third-order valence-corrected chi connectivity index (χ3v) is 6.11. The van der Waals surface area contributed by atoms with Gasteiger partial charge in [0.25, 0.3) is 0 Å². The molecule has 0 saturated carbocycles. The van der Waals surface area contributed by atoms with E-state index in [9.17, 15) is 18.3 Å². The number of ether oxygens (including phenoxy) is 1. The molecule has 2 aromatic rings. The predicted octanol–water partition coefficient (Wildman–Crippen LogP) is 2.59. The number of hydrogen-bond donors (Lipinski definition) is 2. The molecule has 2 aromatic carbocycles. The number of nitrogens with one attached hydrogen (secondary N) is 1. The first-order valence-electron chi connectivity index (χ1n) is 8.11.